The van der Waals surface area contributed by atoms with Gasteiger partial charge in [0.15, 0.2) is 0 Å². The van der Waals surface area contributed by atoms with Gasteiger partial charge in [-0.15, -0.1) is 0 Å². The van der Waals surface area contributed by atoms with Crippen LogP contribution in [-0.4, -0.2) is 43.8 Å². The number of thioether (sulfide) groups is 1. The minimum Gasteiger partial charge on any atom is -0.314 e. The summed E-state index contributed by atoms with van der Waals surface area (Å²) < 4.78 is 26.5. The lowest BCUT2D eigenvalue weighted by Gasteiger charge is -2.22. The van der Waals surface area contributed by atoms with Crippen LogP contribution in [0, 0.1) is 0 Å². The molecule has 0 aliphatic carbocycles. The second-order valence-electron chi connectivity index (χ2n) is 5.50. The first-order chi connectivity index (χ1) is 8.33. The summed E-state index contributed by atoms with van der Waals surface area (Å²) in [5.74, 6) is 1.37. The van der Waals surface area contributed by atoms with Gasteiger partial charge in [-0.2, -0.15) is 11.8 Å². The van der Waals surface area contributed by atoms with Crippen LogP contribution in [0.1, 0.15) is 40.0 Å². The fourth-order valence-corrected chi connectivity index (χ4v) is 4.51. The molecule has 0 bridgehead atoms. The summed E-state index contributed by atoms with van der Waals surface area (Å²) >= 11 is 1.88. The lowest BCUT2D eigenvalue weighted by molar-refractivity contribution is 0.543. The molecule has 18 heavy (non-hydrogen) atoms. The van der Waals surface area contributed by atoms with Crippen LogP contribution >= 0.6 is 11.8 Å². The summed E-state index contributed by atoms with van der Waals surface area (Å²) in [7, 11) is -3.11. The van der Waals surface area contributed by atoms with Gasteiger partial charge in [0, 0.05) is 17.3 Å². The standard InChI is InChI=1S/C12H26N2O2S2/c1-11(2)13-7-5-9-18(15,16)14-10-12(3)6-4-8-17-12/h11,13-14H,4-10H2,1-3H3. The van der Waals surface area contributed by atoms with E-state index in [1.54, 1.807) is 0 Å². The van der Waals surface area contributed by atoms with Crippen LogP contribution in [0.5, 0.6) is 0 Å². The molecular weight excluding hydrogens is 268 g/mol. The first-order valence-corrected chi connectivity index (χ1v) is 9.31. The quantitative estimate of drug-likeness (QED) is 0.667. The van der Waals surface area contributed by atoms with Gasteiger partial charge in [0.05, 0.1) is 5.75 Å². The van der Waals surface area contributed by atoms with Crippen LogP contribution in [0.25, 0.3) is 0 Å². The van der Waals surface area contributed by atoms with E-state index in [0.29, 0.717) is 19.0 Å². The van der Waals surface area contributed by atoms with Gasteiger partial charge in [-0.3, -0.25) is 0 Å². The fraction of sp³-hybridized carbons (Fsp3) is 1.00. The molecule has 0 aromatic rings. The largest absolute Gasteiger partial charge is 0.314 e. The van der Waals surface area contributed by atoms with E-state index < -0.39 is 10.0 Å². The van der Waals surface area contributed by atoms with E-state index in [1.807, 2.05) is 11.8 Å². The molecule has 0 aromatic carbocycles. The Balaban J connectivity index is 2.23. The molecule has 0 amide bonds. The Hall–Kier alpha value is 0.220. The van der Waals surface area contributed by atoms with E-state index in [1.165, 1.54) is 6.42 Å². The Morgan fingerprint density at radius 3 is 2.67 bits per heavy atom. The minimum absolute atomic E-state index is 0.100. The van der Waals surface area contributed by atoms with Crippen molar-refractivity contribution in [2.75, 3.05) is 24.6 Å². The van der Waals surface area contributed by atoms with Crippen molar-refractivity contribution < 1.29 is 8.42 Å². The van der Waals surface area contributed by atoms with Gasteiger partial charge >= 0.3 is 0 Å². The van der Waals surface area contributed by atoms with Crippen molar-refractivity contribution in [3.8, 4) is 0 Å². The Morgan fingerprint density at radius 1 is 1.39 bits per heavy atom. The second-order valence-corrected chi connectivity index (χ2v) is 9.11. The molecule has 0 spiro atoms. The molecule has 4 nitrogen and oxygen atoms in total. The molecule has 6 heteroatoms. The van der Waals surface area contributed by atoms with Crippen LogP contribution in [0.4, 0.5) is 0 Å². The highest BCUT2D eigenvalue weighted by atomic mass is 32.2. The second kappa shape index (κ2) is 7.12. The maximum Gasteiger partial charge on any atom is 0.211 e. The number of rotatable bonds is 8. The van der Waals surface area contributed by atoms with Gasteiger partial charge in [-0.25, -0.2) is 13.1 Å². The summed E-state index contributed by atoms with van der Waals surface area (Å²) in [4.78, 5) is 0. The molecule has 0 radical (unpaired) electrons. The fourth-order valence-electron chi connectivity index (χ4n) is 1.96. The third-order valence-electron chi connectivity index (χ3n) is 3.11. The van der Waals surface area contributed by atoms with Gasteiger partial charge in [0.2, 0.25) is 10.0 Å². The van der Waals surface area contributed by atoms with Crippen LogP contribution in [0.3, 0.4) is 0 Å². The zero-order valence-corrected chi connectivity index (χ0v) is 13.3. The normalized spacial score (nSPS) is 24.9. The topological polar surface area (TPSA) is 58.2 Å². The Kier molecular flexibility index (Phi) is 6.44. The zero-order valence-electron chi connectivity index (χ0n) is 11.7. The van der Waals surface area contributed by atoms with Crippen molar-refractivity contribution in [2.24, 2.45) is 0 Å². The van der Waals surface area contributed by atoms with Crippen molar-refractivity contribution in [1.82, 2.24) is 10.0 Å². The zero-order chi connectivity index (χ0) is 13.6. The first-order valence-electron chi connectivity index (χ1n) is 6.68. The van der Waals surface area contributed by atoms with E-state index in [2.05, 4.69) is 30.8 Å². The van der Waals surface area contributed by atoms with Crippen molar-refractivity contribution in [2.45, 2.75) is 50.8 Å². The first kappa shape index (κ1) is 16.3. The number of hydrogen-bond donors (Lipinski definition) is 2. The van der Waals surface area contributed by atoms with E-state index in [9.17, 15) is 8.42 Å². The molecule has 1 atom stereocenters. The molecule has 1 heterocycles. The monoisotopic (exact) mass is 294 g/mol. The Labute approximate surface area is 116 Å². The molecule has 1 rings (SSSR count). The molecular formula is C12H26N2O2S2. The van der Waals surface area contributed by atoms with Crippen LogP contribution in [-0.2, 0) is 10.0 Å². The summed E-state index contributed by atoms with van der Waals surface area (Å²) in [6.45, 7) is 7.59. The molecule has 1 saturated heterocycles. The van der Waals surface area contributed by atoms with E-state index >= 15 is 0 Å². The van der Waals surface area contributed by atoms with E-state index in [-0.39, 0.29) is 10.5 Å². The third kappa shape index (κ3) is 6.41. The van der Waals surface area contributed by atoms with Crippen molar-refractivity contribution in [1.29, 1.82) is 0 Å². The van der Waals surface area contributed by atoms with E-state index in [4.69, 9.17) is 0 Å². The molecule has 108 valence electrons. The average Bonchev–Trinajstić information content (AvgIpc) is 2.70. The SMILES string of the molecule is CC(C)NCCCS(=O)(=O)NCC1(C)CCCS1. The molecule has 1 aliphatic heterocycles. The van der Waals surface area contributed by atoms with Gasteiger partial charge in [-0.05, 0) is 38.5 Å². The van der Waals surface area contributed by atoms with Crippen LogP contribution < -0.4 is 10.0 Å². The summed E-state index contributed by atoms with van der Waals surface area (Å²) in [6, 6.07) is 0.412. The predicted octanol–water partition coefficient (Wildman–Crippen LogP) is 1.58. The summed E-state index contributed by atoms with van der Waals surface area (Å²) in [6.07, 6.45) is 2.97. The maximum atomic E-state index is 11.8. The molecule has 1 unspecified atom stereocenters. The average molecular weight is 294 g/mol. The van der Waals surface area contributed by atoms with Crippen LogP contribution in [0.2, 0.25) is 0 Å². The Morgan fingerprint density at radius 2 is 2.11 bits per heavy atom. The lowest BCUT2D eigenvalue weighted by atomic mass is 10.1. The maximum absolute atomic E-state index is 11.8. The smallest absolute Gasteiger partial charge is 0.211 e. The number of sulfonamides is 1. The van der Waals surface area contributed by atoms with Crippen molar-refractivity contribution in [3.05, 3.63) is 0 Å². The number of nitrogens with one attached hydrogen (secondary N) is 2. The lowest BCUT2D eigenvalue weighted by Crippen LogP contribution is -2.38. The van der Waals surface area contributed by atoms with E-state index in [0.717, 1.165) is 18.7 Å². The van der Waals surface area contributed by atoms with Gasteiger partial charge < -0.3 is 5.32 Å². The summed E-state index contributed by atoms with van der Waals surface area (Å²) in [5.41, 5.74) is 0. The highest BCUT2D eigenvalue weighted by Crippen LogP contribution is 2.37. The van der Waals surface area contributed by atoms with Crippen molar-refractivity contribution >= 4 is 21.8 Å². The molecule has 0 saturated carbocycles. The minimum atomic E-state index is -3.11. The highest BCUT2D eigenvalue weighted by Gasteiger charge is 2.30. The highest BCUT2D eigenvalue weighted by molar-refractivity contribution is 8.01. The van der Waals surface area contributed by atoms with Crippen molar-refractivity contribution in [3.63, 3.8) is 0 Å². The number of hydrogen-bond acceptors (Lipinski definition) is 4. The van der Waals surface area contributed by atoms with Gasteiger partial charge in [0.25, 0.3) is 0 Å². The van der Waals surface area contributed by atoms with Gasteiger partial charge in [0.1, 0.15) is 0 Å². The molecule has 1 fully saturated rings. The predicted molar refractivity (Wildman–Crippen MR) is 79.6 cm³/mol. The molecule has 1 aliphatic rings. The molecule has 0 aromatic heterocycles. The Bertz CT molecular complexity index is 336. The molecule has 2 N–H and O–H groups in total. The third-order valence-corrected chi connectivity index (χ3v) is 6.06. The van der Waals surface area contributed by atoms with Gasteiger partial charge in [-0.1, -0.05) is 13.8 Å². The van der Waals surface area contributed by atoms with Crippen LogP contribution in [0.15, 0.2) is 0 Å². The summed E-state index contributed by atoms with van der Waals surface area (Å²) in [5, 5.41) is 3.23.